The van der Waals surface area contributed by atoms with Crippen molar-refractivity contribution in [3.63, 3.8) is 0 Å². The van der Waals surface area contributed by atoms with Crippen LogP contribution in [0.3, 0.4) is 0 Å². The van der Waals surface area contributed by atoms with Gasteiger partial charge in [-0.05, 0) is 54.4 Å². The molecule has 0 aliphatic heterocycles. The second-order valence-electron chi connectivity index (χ2n) is 10.2. The van der Waals surface area contributed by atoms with Gasteiger partial charge in [-0.1, -0.05) is 70.5 Å². The minimum absolute atomic E-state index is 0.257. The molecule has 4 aromatic rings. The van der Waals surface area contributed by atoms with Gasteiger partial charge < -0.3 is 4.42 Å². The van der Waals surface area contributed by atoms with Crippen molar-refractivity contribution in [3.8, 4) is 0 Å². The van der Waals surface area contributed by atoms with Crippen LogP contribution in [0.4, 0.5) is 5.69 Å². The molecule has 0 fully saturated rings. The molecule has 5 heteroatoms. The molecular weight excluding hydrogens is 442 g/mol. The predicted molar refractivity (Wildman–Crippen MR) is 140 cm³/mol. The van der Waals surface area contributed by atoms with Gasteiger partial charge in [0, 0.05) is 28.1 Å². The topological polar surface area (TPSA) is 59.3 Å². The summed E-state index contributed by atoms with van der Waals surface area (Å²) >= 11 is 0. The van der Waals surface area contributed by atoms with E-state index in [1.54, 1.807) is 12.1 Å². The molecule has 34 heavy (non-hydrogen) atoms. The van der Waals surface area contributed by atoms with E-state index < -0.39 is 10.0 Å². The highest BCUT2D eigenvalue weighted by Crippen LogP contribution is 2.45. The van der Waals surface area contributed by atoms with Crippen LogP contribution in [0.2, 0.25) is 0 Å². The van der Waals surface area contributed by atoms with Gasteiger partial charge >= 0.3 is 0 Å². The first-order valence-electron chi connectivity index (χ1n) is 12.3. The maximum Gasteiger partial charge on any atom is 0.261 e. The maximum absolute atomic E-state index is 13.3. The fourth-order valence-electron chi connectivity index (χ4n) is 5.25. The summed E-state index contributed by atoms with van der Waals surface area (Å²) in [5.74, 6) is 1.63. The third-order valence-electron chi connectivity index (χ3n) is 7.96. The fraction of sp³-hybridized carbons (Fsp3) is 0.379. The number of hydrogen-bond donors (Lipinski definition) is 1. The van der Waals surface area contributed by atoms with Gasteiger partial charge in [-0.25, -0.2) is 8.42 Å². The predicted octanol–water partition coefficient (Wildman–Crippen LogP) is 7.49. The Balaban J connectivity index is 1.63. The summed E-state index contributed by atoms with van der Waals surface area (Å²) in [5, 5.41) is 2.82. The zero-order valence-electron chi connectivity index (χ0n) is 20.4. The van der Waals surface area contributed by atoms with Crippen LogP contribution in [0.25, 0.3) is 21.7 Å². The van der Waals surface area contributed by atoms with Gasteiger partial charge in [0.1, 0.15) is 11.3 Å². The molecule has 0 spiro atoms. The van der Waals surface area contributed by atoms with E-state index in [0.717, 1.165) is 65.2 Å². The Hall–Kier alpha value is -2.79. The summed E-state index contributed by atoms with van der Waals surface area (Å²) in [6, 6.07) is 17.0. The molecule has 3 aromatic carbocycles. The maximum atomic E-state index is 13.3. The molecule has 0 bridgehead atoms. The quantitative estimate of drug-likeness (QED) is 0.314. The van der Waals surface area contributed by atoms with Crippen molar-refractivity contribution in [2.75, 3.05) is 4.72 Å². The molecule has 0 saturated carbocycles. The Labute approximate surface area is 202 Å². The van der Waals surface area contributed by atoms with E-state index in [1.165, 1.54) is 5.56 Å². The van der Waals surface area contributed by atoms with Crippen molar-refractivity contribution in [1.29, 1.82) is 0 Å². The molecule has 178 valence electrons. The van der Waals surface area contributed by atoms with Gasteiger partial charge in [0.25, 0.3) is 10.0 Å². The lowest BCUT2D eigenvalue weighted by Gasteiger charge is -2.36. The van der Waals surface area contributed by atoms with Gasteiger partial charge in [0.15, 0.2) is 0 Å². The fourth-order valence-corrected chi connectivity index (χ4v) is 6.32. The summed E-state index contributed by atoms with van der Waals surface area (Å²) in [4.78, 5) is 0.271. The first kappa shape index (κ1) is 23.0. The molecule has 0 amide bonds. The number of rotatable bonds is 6. The number of nitrogens with one attached hydrogen (secondary N) is 1. The third-order valence-corrected chi connectivity index (χ3v) is 9.34. The number of sulfonamides is 1. The summed E-state index contributed by atoms with van der Waals surface area (Å²) < 4.78 is 35.9. The van der Waals surface area contributed by atoms with Crippen molar-refractivity contribution in [2.24, 2.45) is 11.3 Å². The van der Waals surface area contributed by atoms with Gasteiger partial charge in [0.05, 0.1) is 10.6 Å². The van der Waals surface area contributed by atoms with E-state index in [1.807, 2.05) is 42.5 Å². The molecule has 4 nitrogen and oxygen atoms in total. The van der Waals surface area contributed by atoms with Crippen LogP contribution < -0.4 is 4.72 Å². The van der Waals surface area contributed by atoms with Crippen LogP contribution in [-0.2, 0) is 29.3 Å². The monoisotopic (exact) mass is 475 g/mol. The van der Waals surface area contributed by atoms with Crippen LogP contribution in [0.15, 0.2) is 63.9 Å². The van der Waals surface area contributed by atoms with E-state index >= 15 is 0 Å². The molecule has 0 saturated heterocycles. The van der Waals surface area contributed by atoms with Gasteiger partial charge in [-0.3, -0.25) is 4.72 Å². The van der Waals surface area contributed by atoms with Gasteiger partial charge in [0.2, 0.25) is 0 Å². The van der Waals surface area contributed by atoms with Crippen LogP contribution in [0.1, 0.15) is 57.4 Å². The zero-order chi connectivity index (χ0) is 24.1. The highest BCUT2D eigenvalue weighted by molar-refractivity contribution is 7.92. The smallest absolute Gasteiger partial charge is 0.261 e. The summed E-state index contributed by atoms with van der Waals surface area (Å²) in [7, 11) is -3.72. The van der Waals surface area contributed by atoms with Crippen molar-refractivity contribution >= 4 is 37.5 Å². The zero-order valence-corrected chi connectivity index (χ0v) is 21.3. The first-order valence-corrected chi connectivity index (χ1v) is 13.8. The van der Waals surface area contributed by atoms with E-state index in [4.69, 9.17) is 4.42 Å². The molecule has 1 aliphatic carbocycles. The molecule has 1 atom stereocenters. The molecule has 1 aromatic heterocycles. The minimum Gasteiger partial charge on any atom is -0.460 e. The number of benzene rings is 3. The van der Waals surface area contributed by atoms with E-state index in [0.29, 0.717) is 11.6 Å². The highest BCUT2D eigenvalue weighted by Gasteiger charge is 2.34. The van der Waals surface area contributed by atoms with Gasteiger partial charge in [-0.2, -0.15) is 0 Å². The average Bonchev–Trinajstić information content (AvgIpc) is 3.22. The van der Waals surface area contributed by atoms with E-state index in [2.05, 4.69) is 32.4 Å². The molecular formula is C29H33NO3S. The lowest BCUT2D eigenvalue weighted by molar-refractivity contribution is 0.179. The normalized spacial score (nSPS) is 16.6. The second kappa shape index (κ2) is 8.46. The minimum atomic E-state index is -3.72. The number of anilines is 1. The summed E-state index contributed by atoms with van der Waals surface area (Å²) in [6.07, 6.45) is 5.02. The molecule has 1 aliphatic rings. The molecule has 1 heterocycles. The Morgan fingerprint density at radius 2 is 1.71 bits per heavy atom. The lowest BCUT2D eigenvalue weighted by Crippen LogP contribution is -2.28. The van der Waals surface area contributed by atoms with Crippen LogP contribution in [0.5, 0.6) is 0 Å². The van der Waals surface area contributed by atoms with Crippen molar-refractivity contribution in [3.05, 3.63) is 71.5 Å². The number of hydrogen-bond acceptors (Lipinski definition) is 3. The number of aryl methyl sites for hydroxylation is 2. The largest absolute Gasteiger partial charge is 0.460 e. The standard InChI is InChI=1S/C29H33NO3S/c1-5-19-11-14-21(15-12-19)34(31,32)30-26-18-25-24-17-20(29(3,4)6-2)13-16-27(24)33-28(25)23-10-8-7-9-22(23)26/h7-12,14-15,18,20,30H,5-6,13,16-17H2,1-4H3/t20-/m1/s1. The Kier molecular flexibility index (Phi) is 5.71. The Bertz CT molecular complexity index is 1460. The number of furan rings is 1. The lowest BCUT2D eigenvalue weighted by atomic mass is 9.69. The van der Waals surface area contributed by atoms with E-state index in [9.17, 15) is 8.42 Å². The summed E-state index contributed by atoms with van der Waals surface area (Å²) in [6.45, 7) is 9.02. The SMILES string of the molecule is CCc1ccc(S(=O)(=O)Nc2cc3c4c(oc3c3ccccc23)CC[C@@H](C(C)(C)CC)C4)cc1. The van der Waals surface area contributed by atoms with Crippen molar-refractivity contribution < 1.29 is 12.8 Å². The molecule has 1 N–H and O–H groups in total. The summed E-state index contributed by atoms with van der Waals surface area (Å²) in [5.41, 5.74) is 4.08. The van der Waals surface area contributed by atoms with Crippen LogP contribution in [0, 0.1) is 11.3 Å². The first-order chi connectivity index (χ1) is 16.2. The average molecular weight is 476 g/mol. The van der Waals surface area contributed by atoms with E-state index in [-0.39, 0.29) is 10.3 Å². The van der Waals surface area contributed by atoms with Crippen molar-refractivity contribution in [1.82, 2.24) is 0 Å². The van der Waals surface area contributed by atoms with Crippen LogP contribution >= 0.6 is 0 Å². The number of fused-ring (bicyclic) bond motifs is 5. The molecule has 5 rings (SSSR count). The molecule has 0 radical (unpaired) electrons. The van der Waals surface area contributed by atoms with Gasteiger partial charge in [-0.15, -0.1) is 0 Å². The second-order valence-corrected chi connectivity index (χ2v) is 11.9. The third kappa shape index (κ3) is 3.90. The van der Waals surface area contributed by atoms with Crippen LogP contribution in [-0.4, -0.2) is 8.42 Å². The Morgan fingerprint density at radius 1 is 1.00 bits per heavy atom. The molecule has 0 unspecified atom stereocenters. The highest BCUT2D eigenvalue weighted by atomic mass is 32.2. The Morgan fingerprint density at radius 3 is 2.38 bits per heavy atom. The van der Waals surface area contributed by atoms with Crippen molar-refractivity contribution in [2.45, 2.75) is 64.7 Å².